The second-order valence-corrected chi connectivity index (χ2v) is 10.3. The standard InChI is InChI=1S/C17H21F6NO6S/c1-24-5-11-9-2-10(12(11)13(24)26)4-14(3-9,6-25)7-30-15(16(18,19)20,17(21,22)23)8-31(27,28)29/h6,9-12H,2-5,7-8H2,1H3,(H,27,28,29). The van der Waals surface area contributed by atoms with Crippen LogP contribution in [0, 0.1) is 29.1 Å². The van der Waals surface area contributed by atoms with Crippen LogP contribution in [0.4, 0.5) is 26.3 Å². The summed E-state index contributed by atoms with van der Waals surface area (Å²) in [5.41, 5.74) is -6.94. The molecule has 1 saturated heterocycles. The summed E-state index contributed by atoms with van der Waals surface area (Å²) in [6.07, 6.45) is -11.9. The van der Waals surface area contributed by atoms with E-state index >= 15 is 0 Å². The summed E-state index contributed by atoms with van der Waals surface area (Å²) in [7, 11) is -4.17. The molecular formula is C17H21F6NO6S. The molecule has 2 bridgehead atoms. The van der Waals surface area contributed by atoms with Gasteiger partial charge < -0.3 is 14.4 Å². The zero-order chi connectivity index (χ0) is 23.6. The van der Waals surface area contributed by atoms with E-state index in [1.54, 1.807) is 7.05 Å². The van der Waals surface area contributed by atoms with Crippen molar-refractivity contribution >= 4 is 22.3 Å². The lowest BCUT2D eigenvalue weighted by Crippen LogP contribution is -2.63. The molecule has 0 radical (unpaired) electrons. The van der Waals surface area contributed by atoms with Crippen molar-refractivity contribution in [3.8, 4) is 0 Å². The van der Waals surface area contributed by atoms with Gasteiger partial charge in [0.25, 0.3) is 15.7 Å². The predicted octanol–water partition coefficient (Wildman–Crippen LogP) is 2.07. The zero-order valence-electron chi connectivity index (χ0n) is 16.2. The number of amides is 1. The number of ether oxygens (including phenoxy) is 1. The Morgan fingerprint density at radius 3 is 2.19 bits per heavy atom. The molecule has 3 fully saturated rings. The maximum Gasteiger partial charge on any atom is 0.427 e. The first-order valence-electron chi connectivity index (χ1n) is 9.39. The second kappa shape index (κ2) is 7.30. The van der Waals surface area contributed by atoms with Crippen molar-refractivity contribution in [2.75, 3.05) is 26.0 Å². The molecule has 2 saturated carbocycles. The van der Waals surface area contributed by atoms with Crippen molar-refractivity contribution in [1.29, 1.82) is 0 Å². The Morgan fingerprint density at radius 1 is 1.16 bits per heavy atom. The van der Waals surface area contributed by atoms with Crippen LogP contribution in [0.3, 0.4) is 0 Å². The number of aldehydes is 1. The summed E-state index contributed by atoms with van der Waals surface area (Å²) < 4.78 is 116. The molecule has 178 valence electrons. The molecule has 3 aliphatic rings. The number of likely N-dealkylation sites (tertiary alicyclic amines) is 1. The molecule has 3 rings (SSSR count). The molecule has 0 aromatic heterocycles. The number of halogens is 6. The third-order valence-corrected chi connectivity index (χ3v) is 7.59. The van der Waals surface area contributed by atoms with Crippen LogP contribution < -0.4 is 0 Å². The third kappa shape index (κ3) is 4.06. The first-order chi connectivity index (χ1) is 14.0. The number of carbonyl (C=O) groups excluding carboxylic acids is 2. The van der Waals surface area contributed by atoms with E-state index in [1.807, 2.05) is 0 Å². The first kappa shape index (κ1) is 24.2. The van der Waals surface area contributed by atoms with Gasteiger partial charge in [-0.05, 0) is 37.0 Å². The topological polar surface area (TPSA) is 101 Å². The minimum absolute atomic E-state index is 0.0764. The lowest BCUT2D eigenvalue weighted by molar-refractivity contribution is -0.376. The normalized spacial score (nSPS) is 34.2. The highest BCUT2D eigenvalue weighted by Gasteiger charge is 2.74. The maximum atomic E-state index is 13.5. The number of fused-ring (bicyclic) bond motifs is 5. The fourth-order valence-corrected chi connectivity index (χ4v) is 6.46. The molecule has 2 aliphatic carbocycles. The van der Waals surface area contributed by atoms with Crippen LogP contribution in [0.25, 0.3) is 0 Å². The number of alkyl halides is 6. The average Bonchev–Trinajstić information content (AvgIpc) is 3.03. The number of rotatable bonds is 6. The van der Waals surface area contributed by atoms with E-state index in [2.05, 4.69) is 4.74 Å². The van der Waals surface area contributed by atoms with Crippen LogP contribution in [-0.4, -0.2) is 74.0 Å². The van der Waals surface area contributed by atoms with Gasteiger partial charge in [-0.1, -0.05) is 0 Å². The van der Waals surface area contributed by atoms with E-state index in [0.717, 1.165) is 0 Å². The molecule has 0 aromatic rings. The van der Waals surface area contributed by atoms with Gasteiger partial charge in [0, 0.05) is 24.9 Å². The molecule has 1 amide bonds. The van der Waals surface area contributed by atoms with Crippen molar-refractivity contribution in [3.05, 3.63) is 0 Å². The van der Waals surface area contributed by atoms with Crippen molar-refractivity contribution in [2.24, 2.45) is 29.1 Å². The van der Waals surface area contributed by atoms with Gasteiger partial charge in [0.15, 0.2) is 0 Å². The average molecular weight is 481 g/mol. The highest BCUT2D eigenvalue weighted by Crippen LogP contribution is 2.58. The molecule has 5 unspecified atom stereocenters. The summed E-state index contributed by atoms with van der Waals surface area (Å²) in [6, 6.07) is 0. The summed E-state index contributed by atoms with van der Waals surface area (Å²) in [5, 5.41) is 0. The molecule has 1 heterocycles. The lowest BCUT2D eigenvalue weighted by Gasteiger charge is -2.42. The van der Waals surface area contributed by atoms with E-state index < -0.39 is 57.7 Å². The lowest BCUT2D eigenvalue weighted by atomic mass is 9.69. The SMILES string of the molecule is CN1CC2C3CC(CC(C=O)(COC(CS(=O)(=O)O)(C(F)(F)F)C(F)(F)F)C3)C2C1=O. The molecular weight excluding hydrogens is 460 g/mol. The van der Waals surface area contributed by atoms with Gasteiger partial charge in [-0.25, -0.2) is 0 Å². The van der Waals surface area contributed by atoms with Crippen LogP contribution >= 0.6 is 0 Å². The molecule has 0 aromatic carbocycles. The van der Waals surface area contributed by atoms with Crippen molar-refractivity contribution in [1.82, 2.24) is 4.90 Å². The Bertz CT molecular complexity index is 844. The van der Waals surface area contributed by atoms with Gasteiger partial charge >= 0.3 is 12.4 Å². The Balaban J connectivity index is 1.91. The zero-order valence-corrected chi connectivity index (χ0v) is 17.1. The second-order valence-electron chi connectivity index (χ2n) is 8.89. The van der Waals surface area contributed by atoms with Gasteiger partial charge in [0.2, 0.25) is 5.91 Å². The number of carbonyl (C=O) groups is 2. The van der Waals surface area contributed by atoms with E-state index in [1.165, 1.54) is 4.90 Å². The first-order valence-corrected chi connectivity index (χ1v) is 11.0. The summed E-state index contributed by atoms with van der Waals surface area (Å²) >= 11 is 0. The smallest absolute Gasteiger partial charge is 0.356 e. The molecule has 0 spiro atoms. The van der Waals surface area contributed by atoms with Crippen molar-refractivity contribution in [2.45, 2.75) is 37.2 Å². The Hall–Kier alpha value is -1.41. The molecule has 7 nitrogen and oxygen atoms in total. The number of nitrogens with zero attached hydrogens (tertiary/aromatic N) is 1. The van der Waals surface area contributed by atoms with Crippen LogP contribution in [-0.2, 0) is 24.4 Å². The summed E-state index contributed by atoms with van der Waals surface area (Å²) in [5.74, 6) is -4.24. The van der Waals surface area contributed by atoms with Crippen LogP contribution in [0.2, 0.25) is 0 Å². The predicted molar refractivity (Wildman–Crippen MR) is 91.2 cm³/mol. The van der Waals surface area contributed by atoms with E-state index in [-0.39, 0.29) is 36.9 Å². The van der Waals surface area contributed by atoms with Crippen LogP contribution in [0.5, 0.6) is 0 Å². The number of hydrogen-bond donors (Lipinski definition) is 1. The van der Waals surface area contributed by atoms with E-state index in [9.17, 15) is 44.3 Å². The fraction of sp³-hybridized carbons (Fsp3) is 0.882. The van der Waals surface area contributed by atoms with E-state index in [4.69, 9.17) is 4.55 Å². The maximum absolute atomic E-state index is 13.5. The minimum atomic E-state index is -6.24. The summed E-state index contributed by atoms with van der Waals surface area (Å²) in [6.45, 7) is -0.959. The van der Waals surface area contributed by atoms with Gasteiger partial charge in [0.1, 0.15) is 12.0 Å². The molecule has 14 heteroatoms. The van der Waals surface area contributed by atoms with Crippen LogP contribution in [0.15, 0.2) is 0 Å². The van der Waals surface area contributed by atoms with Crippen molar-refractivity contribution in [3.63, 3.8) is 0 Å². The monoisotopic (exact) mass is 481 g/mol. The molecule has 5 atom stereocenters. The highest BCUT2D eigenvalue weighted by atomic mass is 32.2. The minimum Gasteiger partial charge on any atom is -0.356 e. The van der Waals surface area contributed by atoms with Gasteiger partial charge in [-0.15, -0.1) is 0 Å². The highest BCUT2D eigenvalue weighted by molar-refractivity contribution is 7.85. The van der Waals surface area contributed by atoms with Gasteiger partial charge in [0.05, 0.1) is 6.61 Å². The molecule has 1 N–H and O–H groups in total. The molecule has 1 aliphatic heterocycles. The number of hydrogen-bond acceptors (Lipinski definition) is 5. The third-order valence-electron chi connectivity index (χ3n) is 6.82. The Labute approximate surface area is 173 Å². The Kier molecular flexibility index (Phi) is 5.71. The quantitative estimate of drug-likeness (QED) is 0.354. The largest absolute Gasteiger partial charge is 0.427 e. The van der Waals surface area contributed by atoms with Crippen LogP contribution in [0.1, 0.15) is 19.3 Å². The van der Waals surface area contributed by atoms with Crippen molar-refractivity contribution < 1.29 is 53.6 Å². The fourth-order valence-electron chi connectivity index (χ4n) is 5.54. The summed E-state index contributed by atoms with van der Waals surface area (Å²) in [4.78, 5) is 25.8. The van der Waals surface area contributed by atoms with E-state index in [0.29, 0.717) is 13.0 Å². The molecule has 31 heavy (non-hydrogen) atoms. The van der Waals surface area contributed by atoms with Gasteiger partial charge in [-0.2, -0.15) is 34.8 Å². The Morgan fingerprint density at radius 2 is 1.71 bits per heavy atom. The van der Waals surface area contributed by atoms with Gasteiger partial charge in [-0.3, -0.25) is 9.35 Å².